The molecular formula is C136H84N2OS. The van der Waals surface area contributed by atoms with E-state index in [2.05, 4.69) is 513 Å². The van der Waals surface area contributed by atoms with Gasteiger partial charge in [0.25, 0.3) is 0 Å². The number of fused-ring (bicyclic) bond motifs is 32. The lowest BCUT2D eigenvalue weighted by atomic mass is 9.67. The summed E-state index contributed by atoms with van der Waals surface area (Å²) in [6.45, 7) is 0. The maximum absolute atomic E-state index is 6.45. The Morgan fingerprint density at radius 3 is 1.03 bits per heavy atom. The van der Waals surface area contributed by atoms with Crippen LogP contribution in [0.1, 0.15) is 89.0 Å². The SMILES string of the molecule is c1ccc(C2(c3ccc(-c4ccc5c(c4)-c4ccccc4C54c5ccccc5-c5c(N(c6cccc(-c7cccc8c7sc7ccccc78)c6)c6ccc7c(c6)-c6ccccc6C7(c6ccccc6)c6ccccc6)cccc54)cc3)c3ccccc3-c3cc(N(c4cccc(-c5ccc6oc7ccccc7c6c5)c4)c4cccc5c4-c4ccccc4C54c5ccccc5-c5ccccc54)ccc32)cc1. The first-order chi connectivity index (χ1) is 69.4. The molecule has 0 fully saturated rings. The first-order valence-electron chi connectivity index (χ1n) is 48.7. The highest BCUT2D eigenvalue weighted by molar-refractivity contribution is 7.26. The molecule has 4 heteroatoms. The van der Waals surface area contributed by atoms with E-state index in [4.69, 9.17) is 4.42 Å². The normalized spacial score (nSPS) is 15.5. The number of furan rings is 1. The van der Waals surface area contributed by atoms with Gasteiger partial charge in [-0.1, -0.05) is 419 Å². The van der Waals surface area contributed by atoms with Crippen molar-refractivity contribution >= 4 is 87.6 Å². The molecule has 0 saturated heterocycles. The molecule has 0 radical (unpaired) electrons. The summed E-state index contributed by atoms with van der Waals surface area (Å²) in [5.41, 5.74) is 47.8. The van der Waals surface area contributed by atoms with Crippen molar-refractivity contribution in [1.82, 2.24) is 0 Å². The molecule has 2 aromatic heterocycles. The quantitative estimate of drug-likeness (QED) is 0.115. The largest absolute Gasteiger partial charge is 0.456 e. The summed E-state index contributed by atoms with van der Waals surface area (Å²) in [6.07, 6.45) is 0. The maximum Gasteiger partial charge on any atom is 0.135 e. The fourth-order valence-electron chi connectivity index (χ4n) is 26.6. The summed E-state index contributed by atoms with van der Waals surface area (Å²) >= 11 is 1.89. The van der Waals surface area contributed by atoms with Gasteiger partial charge in [-0.3, -0.25) is 0 Å². The van der Waals surface area contributed by atoms with Gasteiger partial charge in [-0.15, -0.1) is 11.3 Å². The van der Waals surface area contributed by atoms with Crippen LogP contribution in [-0.4, -0.2) is 0 Å². The minimum Gasteiger partial charge on any atom is -0.456 e. The van der Waals surface area contributed by atoms with Crippen molar-refractivity contribution in [2.24, 2.45) is 0 Å². The smallest absolute Gasteiger partial charge is 0.135 e. The molecule has 6 aliphatic rings. The molecule has 0 saturated carbocycles. The van der Waals surface area contributed by atoms with E-state index in [9.17, 15) is 0 Å². The number of rotatable bonds is 13. The Labute approximate surface area is 816 Å². The van der Waals surface area contributed by atoms with Gasteiger partial charge in [0.2, 0.25) is 0 Å². The van der Waals surface area contributed by atoms with Gasteiger partial charge in [0, 0.05) is 64.8 Å². The lowest BCUT2D eigenvalue weighted by Crippen LogP contribution is -2.28. The van der Waals surface area contributed by atoms with Crippen molar-refractivity contribution in [3.8, 4) is 100 Å². The molecule has 24 aromatic rings. The summed E-state index contributed by atoms with van der Waals surface area (Å²) < 4.78 is 9.03. The molecule has 6 aliphatic carbocycles. The topological polar surface area (TPSA) is 19.6 Å². The van der Waals surface area contributed by atoms with E-state index in [1.807, 2.05) is 17.4 Å². The summed E-state index contributed by atoms with van der Waals surface area (Å²) in [6, 6.07) is 194. The Balaban J connectivity index is 0.567. The second-order valence-corrected chi connectivity index (χ2v) is 39.5. The van der Waals surface area contributed by atoms with Gasteiger partial charge in [0.15, 0.2) is 0 Å². The van der Waals surface area contributed by atoms with Gasteiger partial charge in [-0.05, 0) is 269 Å². The number of thiophene rings is 1. The highest BCUT2D eigenvalue weighted by Gasteiger charge is 2.56. The number of benzene rings is 22. The molecule has 30 rings (SSSR count). The summed E-state index contributed by atoms with van der Waals surface area (Å²) in [7, 11) is 0. The minimum atomic E-state index is -0.714. The van der Waals surface area contributed by atoms with E-state index in [-0.39, 0.29) is 0 Å². The van der Waals surface area contributed by atoms with Crippen LogP contribution in [0.3, 0.4) is 0 Å². The maximum atomic E-state index is 6.45. The first kappa shape index (κ1) is 78.8. The predicted octanol–water partition coefficient (Wildman–Crippen LogP) is 35.3. The van der Waals surface area contributed by atoms with Crippen molar-refractivity contribution in [3.05, 3.63) is 599 Å². The average Bonchev–Trinajstić information content (AvgIpc) is 1.51. The van der Waals surface area contributed by atoms with E-state index in [1.165, 1.54) is 187 Å². The summed E-state index contributed by atoms with van der Waals surface area (Å²) in [5.74, 6) is 0. The van der Waals surface area contributed by atoms with Crippen molar-refractivity contribution < 1.29 is 4.42 Å². The number of para-hydroxylation sites is 1. The zero-order valence-corrected chi connectivity index (χ0v) is 77.0. The zero-order valence-electron chi connectivity index (χ0n) is 76.2. The van der Waals surface area contributed by atoms with Crippen molar-refractivity contribution in [2.75, 3.05) is 9.80 Å². The van der Waals surface area contributed by atoms with E-state index in [1.54, 1.807) is 0 Å². The van der Waals surface area contributed by atoms with Crippen LogP contribution in [0, 0.1) is 0 Å². The van der Waals surface area contributed by atoms with Gasteiger partial charge < -0.3 is 14.2 Å². The Bertz CT molecular complexity index is 9280. The fraction of sp³-hybridized carbons (Fsp3) is 0.0294. The van der Waals surface area contributed by atoms with Crippen LogP contribution in [-0.2, 0) is 21.7 Å². The molecule has 0 N–H and O–H groups in total. The van der Waals surface area contributed by atoms with Crippen LogP contribution >= 0.6 is 11.3 Å². The van der Waals surface area contributed by atoms with E-state index >= 15 is 0 Å². The fourth-order valence-corrected chi connectivity index (χ4v) is 27.8. The molecule has 0 bridgehead atoms. The van der Waals surface area contributed by atoms with E-state index in [0.29, 0.717) is 0 Å². The Hall–Kier alpha value is -17.5. The van der Waals surface area contributed by atoms with Crippen molar-refractivity contribution in [1.29, 1.82) is 0 Å². The van der Waals surface area contributed by atoms with Crippen LogP contribution < -0.4 is 9.80 Å². The third-order valence-electron chi connectivity index (χ3n) is 32.1. The van der Waals surface area contributed by atoms with Crippen molar-refractivity contribution in [2.45, 2.75) is 21.7 Å². The van der Waals surface area contributed by atoms with Gasteiger partial charge in [-0.2, -0.15) is 0 Å². The summed E-state index contributed by atoms with van der Waals surface area (Å²) in [5, 5.41) is 4.78. The van der Waals surface area contributed by atoms with Gasteiger partial charge in [-0.25, -0.2) is 0 Å². The van der Waals surface area contributed by atoms with Gasteiger partial charge in [0.05, 0.1) is 33.0 Å². The van der Waals surface area contributed by atoms with Gasteiger partial charge in [0.1, 0.15) is 11.2 Å². The molecular weight excluding hydrogens is 1710 g/mol. The third-order valence-corrected chi connectivity index (χ3v) is 33.3. The second-order valence-electron chi connectivity index (χ2n) is 38.5. The van der Waals surface area contributed by atoms with E-state index in [0.717, 1.165) is 78.3 Å². The molecule has 2 spiro atoms. The molecule has 2 heterocycles. The molecule has 0 amide bonds. The lowest BCUT2D eigenvalue weighted by Gasteiger charge is -2.34. The molecule has 2 unspecified atom stereocenters. The Morgan fingerprint density at radius 2 is 0.500 bits per heavy atom. The van der Waals surface area contributed by atoms with Crippen LogP contribution in [0.15, 0.2) is 514 Å². The number of hydrogen-bond donors (Lipinski definition) is 0. The van der Waals surface area contributed by atoms with Crippen LogP contribution in [0.2, 0.25) is 0 Å². The molecule has 22 aromatic carbocycles. The Morgan fingerprint density at radius 1 is 0.171 bits per heavy atom. The molecule has 2 atom stereocenters. The zero-order chi connectivity index (χ0) is 91.7. The number of anilines is 6. The number of nitrogens with zero attached hydrogens (tertiary/aromatic N) is 2. The monoisotopic (exact) mass is 1790 g/mol. The molecule has 140 heavy (non-hydrogen) atoms. The van der Waals surface area contributed by atoms with Gasteiger partial charge >= 0.3 is 0 Å². The third kappa shape index (κ3) is 10.7. The first-order valence-corrected chi connectivity index (χ1v) is 49.6. The molecule has 0 aliphatic heterocycles. The van der Waals surface area contributed by atoms with Crippen LogP contribution in [0.25, 0.3) is 142 Å². The van der Waals surface area contributed by atoms with E-state index < -0.39 is 21.7 Å². The average molecular weight is 1790 g/mol. The molecule has 650 valence electrons. The lowest BCUT2D eigenvalue weighted by molar-refractivity contribution is 0.669. The Kier molecular flexibility index (Phi) is 16.9. The predicted molar refractivity (Wildman–Crippen MR) is 579 cm³/mol. The highest BCUT2D eigenvalue weighted by atomic mass is 32.1. The molecule has 3 nitrogen and oxygen atoms in total. The van der Waals surface area contributed by atoms with Crippen molar-refractivity contribution in [3.63, 3.8) is 0 Å². The standard InChI is InChI=1S/C136H84N2OS/c1-4-35-90(36-5-1)133(91-37-6-2-7-38-91)113-54-19-12-46-102(113)110-84-97(73-76-120(110)133)138(95-42-29-34-89(80-95)98-52-30-53-106-105-49-18-27-66-129(105)140-132(98)106)126-64-32-62-124-131(126)108-51-16-25-60-119(108)136(124)117-58-23-14-45-101(117)109-81-87(69-75-122(109)136)85-67-71-93(72-68-85)134(92-39-8-3-9-40-92)114-55-20-13-47-103(114)111-83-96(74-77-121(111)134)137(94-41-28-33-86(79-94)88-70-78-128-112(82-88)104-48-17-26-65-127(104)139-128)125-63-31-61-123-130(125)107-50-15-24-59-118(107)135(123)115-56-21-10-43-99(115)100-44-11-22-57-116(100)135/h1-84H. The van der Waals surface area contributed by atoms with Crippen LogP contribution in [0.4, 0.5) is 34.1 Å². The minimum absolute atomic E-state index is 0.551. The number of hydrogen-bond acceptors (Lipinski definition) is 4. The summed E-state index contributed by atoms with van der Waals surface area (Å²) in [4.78, 5) is 5.15. The highest BCUT2D eigenvalue weighted by Crippen LogP contribution is 2.69. The second kappa shape index (κ2) is 30.0. The van der Waals surface area contributed by atoms with Crippen LogP contribution in [0.5, 0.6) is 0 Å².